The molecule has 1 heterocycles. The zero-order valence-corrected chi connectivity index (χ0v) is 19.2. The third-order valence-electron chi connectivity index (χ3n) is 7.32. The van der Waals surface area contributed by atoms with Crippen LogP contribution in [0.25, 0.3) is 22.0 Å². The monoisotopic (exact) mass is 443 g/mol. The van der Waals surface area contributed by atoms with Crippen molar-refractivity contribution in [2.45, 2.75) is 70.3 Å². The second-order valence-corrected chi connectivity index (χ2v) is 9.67. The molecule has 5 nitrogen and oxygen atoms in total. The number of aromatic nitrogens is 1. The Morgan fingerprint density at radius 1 is 0.818 bits per heavy atom. The number of carbonyl (C=O) groups excluding carboxylic acids is 2. The molecule has 2 aliphatic rings. The minimum absolute atomic E-state index is 0.0109. The number of benzene rings is 2. The fourth-order valence-corrected chi connectivity index (χ4v) is 5.36. The van der Waals surface area contributed by atoms with Crippen LogP contribution in [0.2, 0.25) is 0 Å². The fraction of sp³-hybridized carbons (Fsp3) is 0.429. The van der Waals surface area contributed by atoms with Crippen LogP contribution in [-0.4, -0.2) is 22.8 Å². The van der Waals surface area contributed by atoms with Gasteiger partial charge in [0.15, 0.2) is 0 Å². The molecule has 0 aliphatic heterocycles. The molecule has 5 rings (SSSR count). The van der Waals surface area contributed by atoms with E-state index < -0.39 is 0 Å². The van der Waals surface area contributed by atoms with Gasteiger partial charge < -0.3 is 15.6 Å². The number of aromatic amines is 1. The molecule has 33 heavy (non-hydrogen) atoms. The normalized spacial score (nSPS) is 17.7. The maximum atomic E-state index is 12.8. The minimum atomic E-state index is 0.0109. The average Bonchev–Trinajstić information content (AvgIpc) is 3.29. The highest BCUT2D eigenvalue weighted by Crippen LogP contribution is 2.31. The maximum Gasteiger partial charge on any atom is 0.251 e. The molecular formula is C28H33N3O2. The summed E-state index contributed by atoms with van der Waals surface area (Å²) in [6.07, 6.45) is 13.3. The Morgan fingerprint density at radius 2 is 1.52 bits per heavy atom. The van der Waals surface area contributed by atoms with Crippen molar-refractivity contribution in [1.82, 2.24) is 10.3 Å². The highest BCUT2D eigenvalue weighted by molar-refractivity contribution is 6.03. The van der Waals surface area contributed by atoms with Crippen LogP contribution >= 0.6 is 0 Å². The van der Waals surface area contributed by atoms with Gasteiger partial charge in [-0.25, -0.2) is 0 Å². The number of rotatable bonds is 5. The lowest BCUT2D eigenvalue weighted by Crippen LogP contribution is -2.36. The van der Waals surface area contributed by atoms with E-state index in [4.69, 9.17) is 0 Å². The van der Waals surface area contributed by atoms with E-state index in [-0.39, 0.29) is 17.7 Å². The van der Waals surface area contributed by atoms with Crippen molar-refractivity contribution in [1.29, 1.82) is 0 Å². The van der Waals surface area contributed by atoms with Crippen LogP contribution in [0.3, 0.4) is 0 Å². The van der Waals surface area contributed by atoms with E-state index in [0.29, 0.717) is 11.6 Å². The molecule has 0 radical (unpaired) electrons. The van der Waals surface area contributed by atoms with E-state index in [9.17, 15) is 9.59 Å². The summed E-state index contributed by atoms with van der Waals surface area (Å²) < 4.78 is 0. The summed E-state index contributed by atoms with van der Waals surface area (Å²) in [6, 6.07) is 14.2. The van der Waals surface area contributed by atoms with Crippen molar-refractivity contribution in [3.63, 3.8) is 0 Å². The molecule has 0 spiro atoms. The minimum Gasteiger partial charge on any atom is -0.361 e. The average molecular weight is 444 g/mol. The zero-order chi connectivity index (χ0) is 22.6. The van der Waals surface area contributed by atoms with Gasteiger partial charge in [0.1, 0.15) is 0 Å². The molecule has 3 N–H and O–H groups in total. The van der Waals surface area contributed by atoms with E-state index >= 15 is 0 Å². The van der Waals surface area contributed by atoms with Gasteiger partial charge in [0, 0.05) is 45.9 Å². The molecule has 0 saturated heterocycles. The van der Waals surface area contributed by atoms with E-state index in [0.717, 1.165) is 66.2 Å². The summed E-state index contributed by atoms with van der Waals surface area (Å²) in [5, 5.41) is 7.33. The molecule has 3 aromatic rings. The Bertz CT molecular complexity index is 1120. The summed E-state index contributed by atoms with van der Waals surface area (Å²) in [5.74, 6) is 0.296. The third-order valence-corrected chi connectivity index (χ3v) is 7.32. The molecule has 2 amide bonds. The molecule has 0 atom stereocenters. The highest BCUT2D eigenvalue weighted by Gasteiger charge is 2.21. The van der Waals surface area contributed by atoms with Gasteiger partial charge in [-0.3, -0.25) is 9.59 Å². The first-order valence-electron chi connectivity index (χ1n) is 12.5. The van der Waals surface area contributed by atoms with Crippen LogP contribution in [0, 0.1) is 5.92 Å². The smallest absolute Gasteiger partial charge is 0.251 e. The molecular weight excluding hydrogens is 410 g/mol. The van der Waals surface area contributed by atoms with Crippen LogP contribution in [0.4, 0.5) is 5.69 Å². The lowest BCUT2D eigenvalue weighted by molar-refractivity contribution is -0.120. The molecule has 2 aromatic carbocycles. The van der Waals surface area contributed by atoms with Gasteiger partial charge in [0.05, 0.1) is 0 Å². The molecule has 5 heteroatoms. The van der Waals surface area contributed by atoms with Crippen LogP contribution < -0.4 is 10.6 Å². The molecule has 0 bridgehead atoms. The Morgan fingerprint density at radius 3 is 2.24 bits per heavy atom. The maximum absolute atomic E-state index is 12.8. The number of carbonyl (C=O) groups is 2. The predicted octanol–water partition coefficient (Wildman–Crippen LogP) is 6.42. The molecule has 1 aromatic heterocycles. The summed E-state index contributed by atoms with van der Waals surface area (Å²) in [6.45, 7) is 0. The molecule has 0 unspecified atom stereocenters. The summed E-state index contributed by atoms with van der Waals surface area (Å²) in [5.41, 5.74) is 4.66. The number of hydrogen-bond donors (Lipinski definition) is 3. The van der Waals surface area contributed by atoms with Crippen molar-refractivity contribution in [3.8, 4) is 11.1 Å². The quantitative estimate of drug-likeness (QED) is 0.426. The van der Waals surface area contributed by atoms with Crippen LogP contribution in [0.15, 0.2) is 48.7 Å². The van der Waals surface area contributed by atoms with Gasteiger partial charge in [0.25, 0.3) is 5.91 Å². The van der Waals surface area contributed by atoms with Crippen molar-refractivity contribution in [2.24, 2.45) is 5.92 Å². The highest BCUT2D eigenvalue weighted by atomic mass is 16.2. The van der Waals surface area contributed by atoms with E-state index in [1.807, 2.05) is 48.7 Å². The first-order valence-corrected chi connectivity index (χ1v) is 12.5. The Hall–Kier alpha value is -3.08. The van der Waals surface area contributed by atoms with Gasteiger partial charge in [-0.05, 0) is 61.6 Å². The third kappa shape index (κ3) is 4.97. The van der Waals surface area contributed by atoms with Crippen molar-refractivity contribution < 1.29 is 9.59 Å². The first-order chi connectivity index (χ1) is 16.2. The number of H-pyrrole nitrogens is 1. The van der Waals surface area contributed by atoms with Crippen LogP contribution in [0.1, 0.15) is 74.6 Å². The lowest BCUT2D eigenvalue weighted by atomic mass is 9.88. The lowest BCUT2D eigenvalue weighted by Gasteiger charge is -2.22. The molecule has 172 valence electrons. The van der Waals surface area contributed by atoms with Gasteiger partial charge in [-0.1, -0.05) is 50.7 Å². The number of anilines is 1. The predicted molar refractivity (Wildman–Crippen MR) is 133 cm³/mol. The summed E-state index contributed by atoms with van der Waals surface area (Å²) >= 11 is 0. The topological polar surface area (TPSA) is 74.0 Å². The van der Waals surface area contributed by atoms with Gasteiger partial charge in [-0.2, -0.15) is 0 Å². The summed E-state index contributed by atoms with van der Waals surface area (Å²) in [4.78, 5) is 28.7. The van der Waals surface area contributed by atoms with Crippen molar-refractivity contribution in [3.05, 3.63) is 54.2 Å². The number of nitrogens with one attached hydrogen (secondary N) is 3. The SMILES string of the molecule is O=C(NC1CCCCC1)c1ccc2[nH]cc(-c3ccc(NC(=O)C4CCCCC4)cc3)c2c1. The largest absolute Gasteiger partial charge is 0.361 e. The van der Waals surface area contributed by atoms with Crippen LogP contribution in [0.5, 0.6) is 0 Å². The van der Waals surface area contributed by atoms with Crippen molar-refractivity contribution in [2.75, 3.05) is 5.32 Å². The van der Waals surface area contributed by atoms with E-state index in [2.05, 4.69) is 15.6 Å². The number of amides is 2. The Balaban J connectivity index is 1.31. The Kier molecular flexibility index (Phi) is 6.47. The molecule has 2 aliphatic carbocycles. The number of hydrogen-bond acceptors (Lipinski definition) is 2. The fourth-order valence-electron chi connectivity index (χ4n) is 5.36. The second-order valence-electron chi connectivity index (χ2n) is 9.67. The Labute approximate surface area is 195 Å². The second kappa shape index (κ2) is 9.82. The molecule has 2 saturated carbocycles. The standard InChI is InChI=1S/C28H33N3O2/c32-27(20-7-3-1-4-8-20)31-23-14-11-19(12-15-23)25-18-29-26-16-13-21(17-24(25)26)28(33)30-22-9-5-2-6-10-22/h11-18,20,22,29H,1-10H2,(H,30,33)(H,31,32). The van der Waals surface area contributed by atoms with E-state index in [1.165, 1.54) is 25.7 Å². The summed E-state index contributed by atoms with van der Waals surface area (Å²) in [7, 11) is 0. The van der Waals surface area contributed by atoms with Gasteiger partial charge in [-0.15, -0.1) is 0 Å². The van der Waals surface area contributed by atoms with E-state index in [1.54, 1.807) is 0 Å². The van der Waals surface area contributed by atoms with Gasteiger partial charge in [0.2, 0.25) is 5.91 Å². The van der Waals surface area contributed by atoms with Crippen LogP contribution in [-0.2, 0) is 4.79 Å². The first kappa shape index (κ1) is 21.7. The molecule has 2 fully saturated rings. The zero-order valence-electron chi connectivity index (χ0n) is 19.2. The number of fused-ring (bicyclic) bond motifs is 1. The van der Waals surface area contributed by atoms with Crippen molar-refractivity contribution >= 4 is 28.4 Å². The van der Waals surface area contributed by atoms with Gasteiger partial charge >= 0.3 is 0 Å².